The fourth-order valence-corrected chi connectivity index (χ4v) is 1.01. The Labute approximate surface area is 55.2 Å². The molecule has 8 heavy (non-hydrogen) atoms. The Morgan fingerprint density at radius 1 is 1.62 bits per heavy atom. The summed E-state index contributed by atoms with van der Waals surface area (Å²) >= 11 is 4.80. The van der Waals surface area contributed by atoms with Gasteiger partial charge in [-0.15, -0.1) is 0 Å². The molecule has 3 nitrogen and oxygen atoms in total. The van der Waals surface area contributed by atoms with Crippen LogP contribution in [0.2, 0.25) is 0 Å². The average Bonchev–Trinajstić information content (AvgIpc) is 1.62. The van der Waals surface area contributed by atoms with Gasteiger partial charge in [-0.05, 0) is 18.9 Å². The van der Waals surface area contributed by atoms with Gasteiger partial charge in [0.05, 0.1) is 0 Å². The van der Waals surface area contributed by atoms with Gasteiger partial charge in [0.15, 0.2) is 0 Å². The van der Waals surface area contributed by atoms with Crippen molar-refractivity contribution >= 4 is 18.3 Å². The van der Waals surface area contributed by atoms with Crippen molar-refractivity contribution in [1.82, 2.24) is 4.67 Å². The van der Waals surface area contributed by atoms with Gasteiger partial charge < -0.3 is 0 Å². The van der Waals surface area contributed by atoms with E-state index >= 15 is 0 Å². The van der Waals surface area contributed by atoms with Crippen molar-refractivity contribution in [1.29, 1.82) is 0 Å². The maximum Gasteiger partial charge on any atom is 0.134 e. The zero-order valence-electron chi connectivity index (χ0n) is 5.16. The van der Waals surface area contributed by atoms with Crippen molar-refractivity contribution in [3.63, 3.8) is 0 Å². The van der Waals surface area contributed by atoms with E-state index in [2.05, 4.69) is 0 Å². The third kappa shape index (κ3) is 2.74. The predicted octanol–water partition coefficient (Wildman–Crippen LogP) is 0.0800. The lowest BCUT2D eigenvalue weighted by atomic mass is 10.8. The predicted molar refractivity (Wildman–Crippen MR) is 41.0 cm³/mol. The van der Waals surface area contributed by atoms with Crippen molar-refractivity contribution in [2.75, 3.05) is 13.6 Å². The maximum atomic E-state index is 5.42. The Morgan fingerprint density at radius 3 is 2.00 bits per heavy atom. The second-order valence-electron chi connectivity index (χ2n) is 1.65. The molecule has 0 aliphatic rings. The van der Waals surface area contributed by atoms with Crippen LogP contribution in [0.5, 0.6) is 0 Å². The van der Waals surface area contributed by atoms with Crippen molar-refractivity contribution in [3.8, 4) is 0 Å². The largest absolute Gasteiger partial charge is 0.279 e. The van der Waals surface area contributed by atoms with Crippen molar-refractivity contribution in [2.24, 2.45) is 11.0 Å². The molecule has 0 aromatic carbocycles. The molecule has 5 heteroatoms. The first-order valence-corrected chi connectivity index (χ1v) is 5.26. The molecule has 0 radical (unpaired) electrons. The molecular formula is C3H12N3PS. The van der Waals surface area contributed by atoms with Crippen LogP contribution in [0.25, 0.3) is 0 Å². The summed E-state index contributed by atoms with van der Waals surface area (Å²) in [5, 5.41) is 0. The van der Waals surface area contributed by atoms with Gasteiger partial charge in [-0.25, -0.2) is 0 Å². The fourth-order valence-electron chi connectivity index (χ4n) is 0.221. The number of rotatable bonds is 2. The SMILES string of the molecule is CCN(C)P(N)(N)=S. The van der Waals surface area contributed by atoms with Crippen LogP contribution in [0, 0.1) is 0 Å². The van der Waals surface area contributed by atoms with Crippen molar-refractivity contribution < 1.29 is 0 Å². The summed E-state index contributed by atoms with van der Waals surface area (Å²) in [6.45, 7) is 0.707. The van der Waals surface area contributed by atoms with E-state index in [0.717, 1.165) is 6.54 Å². The summed E-state index contributed by atoms with van der Waals surface area (Å²) in [5.74, 6) is 0. The second kappa shape index (κ2) is 2.90. The first kappa shape index (κ1) is 8.53. The first-order valence-electron chi connectivity index (χ1n) is 2.37. The van der Waals surface area contributed by atoms with Gasteiger partial charge in [0.2, 0.25) is 0 Å². The van der Waals surface area contributed by atoms with E-state index in [1.807, 2.05) is 14.0 Å². The summed E-state index contributed by atoms with van der Waals surface area (Å²) < 4.78 is 1.79. The van der Waals surface area contributed by atoms with Crippen LogP contribution < -0.4 is 11.0 Å². The highest BCUT2D eigenvalue weighted by Gasteiger charge is 2.06. The Balaban J connectivity index is 3.82. The third-order valence-corrected chi connectivity index (χ3v) is 3.18. The molecule has 0 aromatic heterocycles. The molecule has 50 valence electrons. The van der Waals surface area contributed by atoms with Crippen LogP contribution in [0.15, 0.2) is 0 Å². The number of nitrogens with zero attached hydrogens (tertiary/aromatic N) is 1. The third-order valence-electron chi connectivity index (χ3n) is 0.991. The van der Waals surface area contributed by atoms with Crippen LogP contribution in [0.4, 0.5) is 0 Å². The molecule has 0 bridgehead atoms. The molecule has 0 rings (SSSR count). The van der Waals surface area contributed by atoms with E-state index in [1.165, 1.54) is 0 Å². The maximum absolute atomic E-state index is 5.42. The van der Waals surface area contributed by atoms with Gasteiger partial charge in [0.1, 0.15) is 6.49 Å². The fraction of sp³-hybridized carbons (Fsp3) is 1.00. The molecule has 0 aliphatic heterocycles. The number of hydrogen-bond acceptors (Lipinski definition) is 1. The lowest BCUT2D eigenvalue weighted by molar-refractivity contribution is 0.579. The van der Waals surface area contributed by atoms with Gasteiger partial charge in [-0.1, -0.05) is 6.92 Å². The molecule has 0 fully saturated rings. The first-order chi connectivity index (χ1) is 3.48. The molecular weight excluding hydrogens is 141 g/mol. The smallest absolute Gasteiger partial charge is 0.134 e. The summed E-state index contributed by atoms with van der Waals surface area (Å²) in [6.07, 6.45) is 0. The molecule has 0 saturated heterocycles. The summed E-state index contributed by atoms with van der Waals surface area (Å²) in [7, 11) is 1.83. The molecule has 0 unspecified atom stereocenters. The van der Waals surface area contributed by atoms with E-state index in [1.54, 1.807) is 4.67 Å². The quantitative estimate of drug-likeness (QED) is 0.552. The van der Waals surface area contributed by atoms with Gasteiger partial charge >= 0.3 is 0 Å². The summed E-state index contributed by atoms with van der Waals surface area (Å²) in [6, 6.07) is 0. The molecule has 0 amide bonds. The molecule has 0 aromatic rings. The molecule has 0 atom stereocenters. The van der Waals surface area contributed by atoms with E-state index in [9.17, 15) is 0 Å². The standard InChI is InChI=1S/C3H12N3PS/c1-3-6(2)7(4,5)8/h3H2,1-2H3,(H4,4,5,8). The minimum atomic E-state index is -2.09. The van der Waals surface area contributed by atoms with Crippen molar-refractivity contribution in [3.05, 3.63) is 0 Å². The zero-order valence-corrected chi connectivity index (χ0v) is 6.88. The van der Waals surface area contributed by atoms with Gasteiger partial charge in [-0.3, -0.25) is 15.7 Å². The van der Waals surface area contributed by atoms with E-state index < -0.39 is 6.49 Å². The zero-order chi connectivity index (χ0) is 6.78. The lowest BCUT2D eigenvalue weighted by Crippen LogP contribution is -2.24. The van der Waals surface area contributed by atoms with Crippen LogP contribution >= 0.6 is 6.49 Å². The summed E-state index contributed by atoms with van der Waals surface area (Å²) in [5.41, 5.74) is 10.8. The highest BCUT2D eigenvalue weighted by molar-refractivity contribution is 8.11. The Morgan fingerprint density at radius 2 is 2.00 bits per heavy atom. The highest BCUT2D eigenvalue weighted by Crippen LogP contribution is 2.28. The normalized spacial score (nSPS) is 12.6. The monoisotopic (exact) mass is 153 g/mol. The van der Waals surface area contributed by atoms with Gasteiger partial charge in [0.25, 0.3) is 0 Å². The molecule has 0 aliphatic carbocycles. The van der Waals surface area contributed by atoms with Crippen LogP contribution in [0.3, 0.4) is 0 Å². The van der Waals surface area contributed by atoms with E-state index in [0.29, 0.717) is 0 Å². The Hall–Kier alpha value is 0.530. The van der Waals surface area contributed by atoms with Crippen LogP contribution in [-0.4, -0.2) is 18.3 Å². The van der Waals surface area contributed by atoms with Gasteiger partial charge in [-0.2, -0.15) is 0 Å². The van der Waals surface area contributed by atoms with Crippen molar-refractivity contribution in [2.45, 2.75) is 6.92 Å². The van der Waals surface area contributed by atoms with Crippen LogP contribution in [0.1, 0.15) is 6.92 Å². The molecule has 0 heterocycles. The lowest BCUT2D eigenvalue weighted by Gasteiger charge is -2.21. The highest BCUT2D eigenvalue weighted by atomic mass is 32.4. The Kier molecular flexibility index (Phi) is 3.09. The molecule has 4 N–H and O–H groups in total. The van der Waals surface area contributed by atoms with E-state index in [4.69, 9.17) is 22.8 Å². The van der Waals surface area contributed by atoms with Gasteiger partial charge in [0, 0.05) is 6.54 Å². The average molecular weight is 153 g/mol. The minimum Gasteiger partial charge on any atom is -0.279 e. The van der Waals surface area contributed by atoms with Crippen LogP contribution in [-0.2, 0) is 11.8 Å². The topological polar surface area (TPSA) is 55.3 Å². The second-order valence-corrected chi connectivity index (χ2v) is 5.43. The number of nitrogens with two attached hydrogens (primary N) is 2. The number of hydrogen-bond donors (Lipinski definition) is 2. The molecule has 0 spiro atoms. The summed E-state index contributed by atoms with van der Waals surface area (Å²) in [4.78, 5) is 0. The molecule has 0 saturated carbocycles. The Bertz CT molecular complexity index is 109. The minimum absolute atomic E-state index is 0.824. The van der Waals surface area contributed by atoms with E-state index in [-0.39, 0.29) is 0 Å².